The maximum atomic E-state index is 12.0. The molecule has 9 rings (SSSR count). The second-order valence-electron chi connectivity index (χ2n) is 18.2. The van der Waals surface area contributed by atoms with Crippen molar-refractivity contribution in [1.82, 2.24) is 10.1 Å². The van der Waals surface area contributed by atoms with Crippen molar-refractivity contribution >= 4 is 59.7 Å². The molecule has 5 aromatic rings. The van der Waals surface area contributed by atoms with E-state index in [0.29, 0.717) is 37.2 Å². The summed E-state index contributed by atoms with van der Waals surface area (Å²) in [5.41, 5.74) is 0.00719. The van der Waals surface area contributed by atoms with Gasteiger partial charge in [0.2, 0.25) is 0 Å². The van der Waals surface area contributed by atoms with E-state index in [2.05, 4.69) is 101 Å². The molecule has 17 nitrogen and oxygen atoms in total. The fourth-order valence-corrected chi connectivity index (χ4v) is 9.18. The molecular formula is C56H69N4O13P. The second kappa shape index (κ2) is 29.7. The van der Waals surface area contributed by atoms with Gasteiger partial charge in [0, 0.05) is 26.4 Å². The highest BCUT2D eigenvalue weighted by Gasteiger charge is 2.38. The molecule has 0 saturated carbocycles. The summed E-state index contributed by atoms with van der Waals surface area (Å²) >= 11 is 0. The van der Waals surface area contributed by atoms with Crippen LogP contribution in [0.3, 0.4) is 0 Å². The van der Waals surface area contributed by atoms with Crippen LogP contribution in [0, 0.1) is 0 Å². The molecule has 18 heteroatoms. The van der Waals surface area contributed by atoms with Crippen molar-refractivity contribution in [3.05, 3.63) is 162 Å². The molecule has 74 heavy (non-hydrogen) atoms. The predicted octanol–water partition coefficient (Wildman–Crippen LogP) is 10.2. The lowest BCUT2D eigenvalue weighted by Crippen LogP contribution is -2.37. The average Bonchev–Trinajstić information content (AvgIpc) is 3.74. The first-order chi connectivity index (χ1) is 34.3. The minimum atomic E-state index is -0.918. The van der Waals surface area contributed by atoms with Crippen LogP contribution >= 0.6 is 7.92 Å². The molecular weight excluding hydrogens is 968 g/mol. The SMILES string of the molecule is C.C.CC(C)(C)OC(=O)N=NC(=O)OC(C)(C)C.O=C1c2ccccc2C(=O)N1O.O=C1c2ccccc2C(=O)N1OC1CCOCC1.OC1CCOCC1.c1ccc(P(c2ccccc2)c2ccccc2)cc1. The number of imide groups is 2. The zero-order valence-corrected chi connectivity index (χ0v) is 42.1. The normalized spacial score (nSPS) is 15.3. The molecule has 0 radical (unpaired) electrons. The molecule has 0 aromatic heterocycles. The van der Waals surface area contributed by atoms with Crippen LogP contribution in [0.25, 0.3) is 0 Å². The van der Waals surface area contributed by atoms with E-state index < -0.39 is 43.1 Å². The Bertz CT molecular complexity index is 2420. The zero-order chi connectivity index (χ0) is 52.3. The number of amides is 6. The summed E-state index contributed by atoms with van der Waals surface area (Å²) in [4.78, 5) is 73.8. The van der Waals surface area contributed by atoms with Gasteiger partial charge in [0.1, 0.15) is 11.2 Å². The van der Waals surface area contributed by atoms with Crippen molar-refractivity contribution < 1.29 is 62.9 Å². The molecule has 5 aromatic carbocycles. The van der Waals surface area contributed by atoms with Gasteiger partial charge in [0.05, 0.1) is 34.5 Å². The third kappa shape index (κ3) is 19.2. The fourth-order valence-electron chi connectivity index (χ4n) is 6.88. The minimum absolute atomic E-state index is 0. The maximum Gasteiger partial charge on any atom is 0.453 e. The van der Waals surface area contributed by atoms with Gasteiger partial charge < -0.3 is 24.1 Å². The molecule has 6 amide bonds. The number of hydrogen-bond donors (Lipinski definition) is 2. The van der Waals surface area contributed by atoms with E-state index in [4.69, 9.17) is 34.1 Å². The first-order valence-electron chi connectivity index (χ1n) is 23.3. The van der Waals surface area contributed by atoms with Gasteiger partial charge in [-0.25, -0.2) is 9.59 Å². The summed E-state index contributed by atoms with van der Waals surface area (Å²) in [6, 6.07) is 45.4. The molecule has 0 atom stereocenters. The third-order valence-electron chi connectivity index (χ3n) is 10.2. The fraction of sp³-hybridized carbons (Fsp3) is 0.357. The summed E-state index contributed by atoms with van der Waals surface area (Å²) in [6.07, 6.45) is 0.993. The number of nitrogens with zero attached hydrogens (tertiary/aromatic N) is 4. The van der Waals surface area contributed by atoms with Crippen molar-refractivity contribution in [2.24, 2.45) is 10.2 Å². The standard InChI is InChI=1S/C18H15P.C13H13NO4.C10H18N2O4.C8H5NO3.C5H10O2.2CH4/c1-4-10-16(11-5-1)19(17-12-6-2-7-13-17)18-14-8-3-9-15-18;15-12-10-3-1-2-4-11(10)13(16)14(12)18-9-5-7-17-8-6-9;1-9(2,3)15-7(13)11-12-8(14)16-10(4,5)6;10-7-5-3-1-2-4-6(5)8(11)9(7)12;6-5-1-3-7-4-2-5;;/h1-15H;1-4,9H,5-8H2;1-6H3;1-4,12H;5-6H,1-4H2;2*1H4. The molecule has 2 saturated heterocycles. The molecule has 2 fully saturated rings. The molecule has 396 valence electrons. The number of azo groups is 1. The molecule has 4 aliphatic heterocycles. The maximum absolute atomic E-state index is 12.0. The number of aliphatic hydroxyl groups excluding tert-OH is 1. The lowest BCUT2D eigenvalue weighted by atomic mass is 10.1. The molecule has 0 aliphatic carbocycles. The molecule has 4 heterocycles. The van der Waals surface area contributed by atoms with Crippen LogP contribution in [0.2, 0.25) is 0 Å². The number of ether oxygens (including phenoxy) is 4. The smallest absolute Gasteiger partial charge is 0.441 e. The Morgan fingerprint density at radius 2 is 0.811 bits per heavy atom. The number of carbonyl (C=O) groups excluding carboxylic acids is 6. The topological polar surface area (TPSA) is 220 Å². The average molecular weight is 1040 g/mol. The van der Waals surface area contributed by atoms with Gasteiger partial charge in [0.25, 0.3) is 23.6 Å². The monoisotopic (exact) mass is 1040 g/mol. The summed E-state index contributed by atoms with van der Waals surface area (Å²) in [5, 5.41) is 29.1. The van der Waals surface area contributed by atoms with Gasteiger partial charge in [0.15, 0.2) is 0 Å². The summed E-state index contributed by atoms with van der Waals surface area (Å²) in [7, 11) is -0.446. The van der Waals surface area contributed by atoms with Crippen LogP contribution in [0.15, 0.2) is 150 Å². The van der Waals surface area contributed by atoms with Gasteiger partial charge in [-0.3, -0.25) is 29.2 Å². The quantitative estimate of drug-likeness (QED) is 0.0725. The van der Waals surface area contributed by atoms with E-state index in [1.165, 1.54) is 28.0 Å². The van der Waals surface area contributed by atoms with Crippen LogP contribution in [0.1, 0.15) is 124 Å². The molecule has 0 bridgehead atoms. The Labute approximate surface area is 435 Å². The third-order valence-corrected chi connectivity index (χ3v) is 12.6. The van der Waals surface area contributed by atoms with Crippen LogP contribution < -0.4 is 15.9 Å². The highest BCUT2D eigenvalue weighted by molar-refractivity contribution is 7.79. The van der Waals surface area contributed by atoms with E-state index >= 15 is 0 Å². The van der Waals surface area contributed by atoms with Crippen molar-refractivity contribution in [1.29, 1.82) is 0 Å². The number of carbonyl (C=O) groups is 6. The highest BCUT2D eigenvalue weighted by Crippen LogP contribution is 2.32. The molecule has 2 N–H and O–H groups in total. The van der Waals surface area contributed by atoms with Crippen molar-refractivity contribution in [3.8, 4) is 0 Å². The Morgan fingerprint density at radius 1 is 0.514 bits per heavy atom. The van der Waals surface area contributed by atoms with Crippen molar-refractivity contribution in [2.75, 3.05) is 26.4 Å². The van der Waals surface area contributed by atoms with Crippen LogP contribution in [0.4, 0.5) is 9.59 Å². The summed E-state index contributed by atoms with van der Waals surface area (Å²) < 4.78 is 19.8. The van der Waals surface area contributed by atoms with Crippen LogP contribution in [-0.4, -0.2) is 106 Å². The first-order valence-corrected chi connectivity index (χ1v) is 24.6. The lowest BCUT2D eigenvalue weighted by Gasteiger charge is -2.25. The number of rotatable bonds is 5. The Kier molecular flexibility index (Phi) is 24.7. The lowest BCUT2D eigenvalue weighted by molar-refractivity contribution is -0.155. The Balaban J connectivity index is 0.000000249. The largest absolute Gasteiger partial charge is 0.453 e. The van der Waals surface area contributed by atoms with Gasteiger partial charge in [-0.1, -0.05) is 140 Å². The van der Waals surface area contributed by atoms with E-state index in [0.717, 1.165) is 31.1 Å². The summed E-state index contributed by atoms with van der Waals surface area (Å²) in [6.45, 7) is 12.8. The Morgan fingerprint density at radius 3 is 1.11 bits per heavy atom. The van der Waals surface area contributed by atoms with Gasteiger partial charge in [-0.05, 0) is 115 Å². The van der Waals surface area contributed by atoms with Gasteiger partial charge >= 0.3 is 12.2 Å². The second-order valence-corrected chi connectivity index (χ2v) is 20.4. The number of hydrogen-bond acceptors (Lipinski definition) is 13. The molecule has 0 unspecified atom stereocenters. The highest BCUT2D eigenvalue weighted by atomic mass is 31.1. The van der Waals surface area contributed by atoms with Gasteiger partial charge in [-0.15, -0.1) is 10.1 Å². The first kappa shape index (κ1) is 61.4. The Hall–Kier alpha value is -6.85. The van der Waals surface area contributed by atoms with Crippen LogP contribution in [-0.2, 0) is 23.8 Å². The number of benzene rings is 5. The predicted molar refractivity (Wildman–Crippen MR) is 283 cm³/mol. The number of aliphatic hydroxyl groups is 1. The molecule has 0 spiro atoms. The zero-order valence-electron chi connectivity index (χ0n) is 41.2. The number of fused-ring (bicyclic) bond motifs is 2. The number of hydroxylamine groups is 4. The van der Waals surface area contributed by atoms with E-state index in [-0.39, 0.29) is 55.1 Å². The minimum Gasteiger partial charge on any atom is -0.441 e. The van der Waals surface area contributed by atoms with E-state index in [1.54, 1.807) is 77.9 Å². The van der Waals surface area contributed by atoms with Crippen molar-refractivity contribution in [2.45, 2.75) is 105 Å². The van der Waals surface area contributed by atoms with E-state index in [9.17, 15) is 28.8 Å². The van der Waals surface area contributed by atoms with Crippen molar-refractivity contribution in [3.63, 3.8) is 0 Å². The molecule has 4 aliphatic rings. The van der Waals surface area contributed by atoms with Gasteiger partial charge in [-0.2, -0.15) is 0 Å². The van der Waals surface area contributed by atoms with Crippen LogP contribution in [0.5, 0.6) is 0 Å². The summed E-state index contributed by atoms with van der Waals surface area (Å²) in [5.74, 6) is -2.06. The van der Waals surface area contributed by atoms with E-state index in [1.807, 2.05) is 0 Å².